The first-order valence-electron chi connectivity index (χ1n) is 8.44. The molecule has 1 fully saturated rings. The Morgan fingerprint density at radius 2 is 2.08 bits per heavy atom. The molecule has 1 aliphatic carbocycles. The van der Waals surface area contributed by atoms with Crippen LogP contribution in [0.1, 0.15) is 30.4 Å². The number of hydrogen-bond acceptors (Lipinski definition) is 4. The summed E-state index contributed by atoms with van der Waals surface area (Å²) in [6.07, 6.45) is 5.89. The second-order valence-corrected chi connectivity index (χ2v) is 8.39. The molecule has 1 heterocycles. The van der Waals surface area contributed by atoms with Crippen LogP contribution in [0.15, 0.2) is 18.2 Å². The van der Waals surface area contributed by atoms with Crippen molar-refractivity contribution in [3.63, 3.8) is 0 Å². The van der Waals surface area contributed by atoms with Crippen molar-refractivity contribution in [3.8, 4) is 5.75 Å². The zero-order chi connectivity index (χ0) is 17.2. The normalized spacial score (nSPS) is 20.8. The van der Waals surface area contributed by atoms with Crippen LogP contribution in [0.2, 0.25) is 0 Å². The number of sulfonamides is 1. The highest BCUT2D eigenvalue weighted by atomic mass is 32.2. The first kappa shape index (κ1) is 17.2. The maximum Gasteiger partial charge on any atom is 0.238 e. The third-order valence-corrected chi connectivity index (χ3v) is 5.96. The number of aryl methyl sites for hydroxylation is 2. The summed E-state index contributed by atoms with van der Waals surface area (Å²) in [6, 6.07) is 5.57. The molecule has 0 bridgehead atoms. The maximum atomic E-state index is 12.2. The van der Waals surface area contributed by atoms with Gasteiger partial charge < -0.3 is 10.1 Å². The Kier molecular flexibility index (Phi) is 5.10. The third-order valence-electron chi connectivity index (χ3n) is 4.67. The van der Waals surface area contributed by atoms with Crippen molar-refractivity contribution in [2.75, 3.05) is 26.0 Å². The average Bonchev–Trinajstić information content (AvgIpc) is 3.18. The lowest BCUT2D eigenvalue weighted by Gasteiger charge is -2.21. The number of nitrogens with one attached hydrogen (secondary N) is 1. The molecule has 1 amide bonds. The fourth-order valence-corrected chi connectivity index (χ4v) is 4.62. The Balaban J connectivity index is 1.45. The largest absolute Gasteiger partial charge is 0.492 e. The van der Waals surface area contributed by atoms with Crippen molar-refractivity contribution in [2.24, 2.45) is 0 Å². The van der Waals surface area contributed by atoms with Gasteiger partial charge in [0.25, 0.3) is 0 Å². The molecular weight excluding hydrogens is 328 g/mol. The molecule has 1 aromatic carbocycles. The molecule has 1 aromatic rings. The van der Waals surface area contributed by atoms with Crippen LogP contribution in [-0.4, -0.2) is 50.6 Å². The minimum Gasteiger partial charge on any atom is -0.492 e. The number of carbonyl (C=O) groups excluding carboxylic acids is 1. The summed E-state index contributed by atoms with van der Waals surface area (Å²) in [5.74, 6) is 0.582. The Morgan fingerprint density at radius 1 is 1.29 bits per heavy atom. The topological polar surface area (TPSA) is 75.7 Å². The van der Waals surface area contributed by atoms with Gasteiger partial charge in [-0.3, -0.25) is 4.79 Å². The minimum absolute atomic E-state index is 0.240. The van der Waals surface area contributed by atoms with Gasteiger partial charge in [-0.1, -0.05) is 6.07 Å². The van der Waals surface area contributed by atoms with Gasteiger partial charge in [0.05, 0.1) is 12.8 Å². The van der Waals surface area contributed by atoms with E-state index in [0.717, 1.165) is 31.3 Å². The Hall–Kier alpha value is -1.60. The molecule has 3 rings (SSSR count). The lowest BCUT2D eigenvalue weighted by Crippen LogP contribution is -2.46. The smallest absolute Gasteiger partial charge is 0.238 e. The summed E-state index contributed by atoms with van der Waals surface area (Å²) in [4.78, 5) is 12.2. The van der Waals surface area contributed by atoms with Gasteiger partial charge in [0.1, 0.15) is 18.4 Å². The number of fused-ring (bicyclic) bond motifs is 1. The van der Waals surface area contributed by atoms with E-state index < -0.39 is 16.1 Å². The van der Waals surface area contributed by atoms with E-state index in [0.29, 0.717) is 26.1 Å². The van der Waals surface area contributed by atoms with Gasteiger partial charge in [-0.25, -0.2) is 8.42 Å². The number of nitrogens with zero attached hydrogens (tertiary/aromatic N) is 1. The molecule has 7 heteroatoms. The fraction of sp³-hybridized carbons (Fsp3) is 0.588. The van der Waals surface area contributed by atoms with E-state index in [-0.39, 0.29) is 5.91 Å². The lowest BCUT2D eigenvalue weighted by atomic mass is 10.1. The van der Waals surface area contributed by atoms with Crippen molar-refractivity contribution < 1.29 is 17.9 Å². The highest BCUT2D eigenvalue weighted by Gasteiger charge is 2.36. The molecular formula is C17H24N2O4S. The monoisotopic (exact) mass is 352 g/mol. The molecule has 0 spiro atoms. The van der Waals surface area contributed by atoms with Crippen molar-refractivity contribution in [1.29, 1.82) is 0 Å². The first-order valence-corrected chi connectivity index (χ1v) is 10.3. The van der Waals surface area contributed by atoms with Gasteiger partial charge in [0.15, 0.2) is 0 Å². The zero-order valence-corrected chi connectivity index (χ0v) is 14.8. The Labute approximate surface area is 143 Å². The van der Waals surface area contributed by atoms with Crippen LogP contribution >= 0.6 is 0 Å². The number of amides is 1. The number of hydrogen-bond donors (Lipinski definition) is 1. The standard InChI is InChI=1S/C17H24N2O4S/c1-24(21,22)19-10-3-6-16(19)17(20)18-9-11-23-15-8-7-13-4-2-5-14(13)12-15/h7-8,12,16H,2-6,9-11H2,1H3,(H,18,20)/t16-/m1/s1. The van der Waals surface area contributed by atoms with E-state index in [1.807, 2.05) is 6.07 Å². The Bertz CT molecular complexity index is 717. The van der Waals surface area contributed by atoms with E-state index in [1.54, 1.807) is 0 Å². The third kappa shape index (κ3) is 3.89. The highest BCUT2D eigenvalue weighted by molar-refractivity contribution is 7.88. The molecule has 132 valence electrons. The molecule has 0 radical (unpaired) electrons. The van der Waals surface area contributed by atoms with E-state index in [9.17, 15) is 13.2 Å². The summed E-state index contributed by atoms with van der Waals surface area (Å²) < 4.78 is 30.3. The molecule has 0 aromatic heterocycles. The van der Waals surface area contributed by atoms with Crippen molar-refractivity contribution in [1.82, 2.24) is 9.62 Å². The molecule has 1 atom stereocenters. The first-order chi connectivity index (χ1) is 11.4. The van der Waals surface area contributed by atoms with Gasteiger partial charge in [-0.15, -0.1) is 0 Å². The van der Waals surface area contributed by atoms with Gasteiger partial charge in [-0.2, -0.15) is 4.31 Å². The second-order valence-electron chi connectivity index (χ2n) is 6.46. The second kappa shape index (κ2) is 7.11. The number of benzene rings is 1. The lowest BCUT2D eigenvalue weighted by molar-refractivity contribution is -0.124. The van der Waals surface area contributed by atoms with Gasteiger partial charge in [0.2, 0.25) is 15.9 Å². The van der Waals surface area contributed by atoms with Gasteiger partial charge >= 0.3 is 0 Å². The SMILES string of the molecule is CS(=O)(=O)N1CCC[C@@H]1C(=O)NCCOc1ccc2c(c1)CCC2. The summed E-state index contributed by atoms with van der Waals surface area (Å²) in [6.45, 7) is 1.16. The van der Waals surface area contributed by atoms with E-state index in [4.69, 9.17) is 4.74 Å². The molecule has 0 unspecified atom stereocenters. The molecule has 2 aliphatic rings. The van der Waals surface area contributed by atoms with Crippen LogP contribution in [0.3, 0.4) is 0 Å². The van der Waals surface area contributed by atoms with Gasteiger partial charge in [0, 0.05) is 6.54 Å². The molecule has 6 nitrogen and oxygen atoms in total. The van der Waals surface area contributed by atoms with Crippen LogP contribution in [0.4, 0.5) is 0 Å². The molecule has 0 saturated carbocycles. The average molecular weight is 352 g/mol. The number of rotatable bonds is 6. The number of carbonyl (C=O) groups is 1. The van der Waals surface area contributed by atoms with E-state index in [1.165, 1.54) is 21.9 Å². The Morgan fingerprint density at radius 3 is 2.88 bits per heavy atom. The van der Waals surface area contributed by atoms with Crippen LogP contribution in [0, 0.1) is 0 Å². The predicted octanol–water partition coefficient (Wildman–Crippen LogP) is 1.09. The minimum atomic E-state index is -3.33. The predicted molar refractivity (Wildman–Crippen MR) is 91.5 cm³/mol. The fourth-order valence-electron chi connectivity index (χ4n) is 3.50. The molecule has 1 saturated heterocycles. The quantitative estimate of drug-likeness (QED) is 0.778. The summed E-state index contributed by atoms with van der Waals surface area (Å²) >= 11 is 0. The van der Waals surface area contributed by atoms with Crippen LogP contribution in [0.25, 0.3) is 0 Å². The van der Waals surface area contributed by atoms with E-state index >= 15 is 0 Å². The molecule has 1 aliphatic heterocycles. The maximum absolute atomic E-state index is 12.2. The molecule has 1 N–H and O–H groups in total. The van der Waals surface area contributed by atoms with Crippen molar-refractivity contribution in [3.05, 3.63) is 29.3 Å². The van der Waals surface area contributed by atoms with Crippen LogP contribution in [0.5, 0.6) is 5.75 Å². The highest BCUT2D eigenvalue weighted by Crippen LogP contribution is 2.26. The van der Waals surface area contributed by atoms with E-state index in [2.05, 4.69) is 17.4 Å². The van der Waals surface area contributed by atoms with Gasteiger partial charge in [-0.05, 0) is 55.4 Å². The van der Waals surface area contributed by atoms with Crippen molar-refractivity contribution >= 4 is 15.9 Å². The molecule has 24 heavy (non-hydrogen) atoms. The summed E-state index contributed by atoms with van der Waals surface area (Å²) in [7, 11) is -3.33. The number of ether oxygens (including phenoxy) is 1. The summed E-state index contributed by atoms with van der Waals surface area (Å²) in [5, 5.41) is 2.78. The van der Waals surface area contributed by atoms with Crippen molar-refractivity contribution in [2.45, 2.75) is 38.1 Å². The van der Waals surface area contributed by atoms with Crippen LogP contribution in [-0.2, 0) is 27.7 Å². The summed E-state index contributed by atoms with van der Waals surface area (Å²) in [5.41, 5.74) is 2.75. The zero-order valence-electron chi connectivity index (χ0n) is 14.0. The van der Waals surface area contributed by atoms with Crippen LogP contribution < -0.4 is 10.1 Å².